The number of benzene rings is 3. The van der Waals surface area contributed by atoms with E-state index in [-0.39, 0.29) is 37.8 Å². The van der Waals surface area contributed by atoms with Gasteiger partial charge in [0, 0.05) is 68.9 Å². The zero-order valence-electron chi connectivity index (χ0n) is 41.9. The molecular weight excluding hydrogens is 923 g/mol. The Morgan fingerprint density at radius 3 is 2.30 bits per heavy atom. The van der Waals surface area contributed by atoms with E-state index in [0.29, 0.717) is 93.6 Å². The minimum Gasteiger partial charge on any atom is -0.480 e. The zero-order valence-corrected chi connectivity index (χ0v) is 40.9. The number of ether oxygens (including phenoxy) is 7. The maximum absolute atomic E-state index is 13.9. The lowest BCUT2D eigenvalue weighted by Gasteiger charge is -2.34. The molecule has 1 aliphatic carbocycles. The van der Waals surface area contributed by atoms with Crippen molar-refractivity contribution in [2.24, 2.45) is 0 Å². The highest BCUT2D eigenvalue weighted by atomic mass is 16.6. The van der Waals surface area contributed by atoms with Gasteiger partial charge in [-0.2, -0.15) is 0 Å². The molecule has 20 heteroatoms. The second-order valence-electron chi connectivity index (χ2n) is 17.3. The lowest BCUT2D eigenvalue weighted by Crippen LogP contribution is -2.56. The average molecular weight is 989 g/mol. The minimum absolute atomic E-state index is 0.0150. The fraction of sp³-hybridized carbons (Fsp3) is 0.490. The van der Waals surface area contributed by atoms with Crippen LogP contribution in [0.15, 0.2) is 69.5 Å². The number of fused-ring (bicyclic) bond motifs is 2. The molecule has 384 valence electrons. The Bertz CT molecular complexity index is 2590. The van der Waals surface area contributed by atoms with Crippen LogP contribution in [0.5, 0.6) is 0 Å². The topological polar surface area (TPSA) is 243 Å². The number of carboxylic acids is 1. The predicted molar refractivity (Wildman–Crippen MR) is 260 cm³/mol. The quantitative estimate of drug-likeness (QED) is 0.0363. The molecule has 1 fully saturated rings. The number of hydrogen-bond acceptors (Lipinski definition) is 15. The molecule has 3 heterocycles. The van der Waals surface area contributed by atoms with Crippen LogP contribution in [0.1, 0.15) is 61.5 Å². The summed E-state index contributed by atoms with van der Waals surface area (Å²) in [4.78, 5) is 77.5. The molecule has 4 amide bonds. The van der Waals surface area contributed by atoms with Gasteiger partial charge < -0.3 is 58.2 Å². The molecule has 0 radical (unpaired) electrons. The number of carbonyl (C=O) groups excluding carboxylic acids is 4. The van der Waals surface area contributed by atoms with Crippen LogP contribution in [-0.2, 0) is 42.7 Å². The molecule has 4 atom stereocenters. The van der Waals surface area contributed by atoms with E-state index in [1.165, 1.54) is 15.9 Å². The van der Waals surface area contributed by atoms with Crippen molar-refractivity contribution >= 4 is 40.9 Å². The third-order valence-electron chi connectivity index (χ3n) is 11.9. The highest BCUT2D eigenvalue weighted by Gasteiger charge is 2.41. The van der Waals surface area contributed by atoms with Gasteiger partial charge in [-0.05, 0) is 106 Å². The van der Waals surface area contributed by atoms with Gasteiger partial charge in [0.25, 0.3) is 5.91 Å². The number of carbonyl (C=O) groups is 5. The van der Waals surface area contributed by atoms with E-state index in [2.05, 4.69) is 16.0 Å². The van der Waals surface area contributed by atoms with Crippen LogP contribution in [-0.4, -0.2) is 156 Å². The highest BCUT2D eigenvalue weighted by Crippen LogP contribution is 2.42. The molecule has 3 aliphatic heterocycles. The smallest absolute Gasteiger partial charge is 0.407 e. The first-order valence-corrected chi connectivity index (χ1v) is 23.6. The number of esters is 1. The minimum atomic E-state index is -1.22. The normalized spacial score (nSPS) is 18.0. The van der Waals surface area contributed by atoms with Gasteiger partial charge >= 0.3 is 24.1 Å². The number of aliphatic carboxylic acids is 1. The number of aryl methyl sites for hydroxylation is 3. The third kappa shape index (κ3) is 15.0. The van der Waals surface area contributed by atoms with Crippen LogP contribution in [0.4, 0.5) is 9.59 Å². The summed E-state index contributed by atoms with van der Waals surface area (Å²) < 4.78 is 52.2. The molecule has 4 aliphatic rings. The zero-order chi connectivity index (χ0) is 51.7. The summed E-state index contributed by atoms with van der Waals surface area (Å²) in [6, 6.07) is 14.2. The summed E-state index contributed by atoms with van der Waals surface area (Å²) in [6.07, 6.45) is -0.305. The number of carboxylic acid groups (broad SMARTS) is 1. The van der Waals surface area contributed by atoms with Gasteiger partial charge in [0.15, 0.2) is 5.43 Å². The lowest BCUT2D eigenvalue weighted by atomic mass is 9.88. The van der Waals surface area contributed by atoms with Crippen LogP contribution in [0.25, 0.3) is 33.4 Å². The maximum atomic E-state index is 13.9. The Morgan fingerprint density at radius 2 is 1.56 bits per heavy atom. The number of likely N-dealkylation sites (N-methyl/N-ethyl adjacent to an activating group) is 1. The lowest BCUT2D eigenvalue weighted by molar-refractivity contribution is -0.159. The van der Waals surface area contributed by atoms with Crippen molar-refractivity contribution in [3.63, 3.8) is 0 Å². The van der Waals surface area contributed by atoms with E-state index in [9.17, 15) is 28.8 Å². The molecule has 2 aromatic rings. The number of urea groups is 1. The van der Waals surface area contributed by atoms with Crippen molar-refractivity contribution in [3.8, 4) is 22.5 Å². The van der Waals surface area contributed by atoms with E-state index in [0.717, 1.165) is 33.2 Å². The number of hydrogen-bond donors (Lipinski definition) is 4. The first-order chi connectivity index (χ1) is 34.6. The van der Waals surface area contributed by atoms with Gasteiger partial charge in [0.2, 0.25) is 0 Å². The van der Waals surface area contributed by atoms with E-state index in [1.807, 2.05) is 51.1 Å². The second kappa shape index (κ2) is 26.1. The van der Waals surface area contributed by atoms with Crippen molar-refractivity contribution in [3.05, 3.63) is 92.8 Å². The first-order valence-electron chi connectivity index (χ1n) is 24.3. The van der Waals surface area contributed by atoms with Crippen LogP contribution in [0.2, 0.25) is 0 Å². The molecule has 6 rings (SSSR count). The van der Waals surface area contributed by atoms with Crippen LogP contribution in [0, 0.1) is 20.8 Å². The Kier molecular flexibility index (Phi) is 19.3. The van der Waals surface area contributed by atoms with Crippen molar-refractivity contribution < 1.29 is 68.0 Å². The fourth-order valence-corrected chi connectivity index (χ4v) is 7.93. The van der Waals surface area contributed by atoms with E-state index in [4.69, 9.17) is 44.1 Å². The standard InChI is InChI=1S/C51H65N5O15/c1-31-23-38-42(25-32(31)2)70-43-26-40(57)33(3)24-39(43)47(38)36-11-7-8-12-37(36)49(61)55(6)15-18-68-51(63)53-14-10-17-65-20-22-66-21-19-64-16-9-13-52-48-34(4)28-56(50(62)54-48)44-27-41(35(5)69-44)71-46(60)30-67-29-45(58)59/h7-8,11-12,23-26,28,35,41,44,48,52H,9-10,13-22,27,29-30H2,1-6H3,(H,53,63)(H,54,62)(H,58,59)/i5D. The summed E-state index contributed by atoms with van der Waals surface area (Å²) in [7, 11) is 1.66. The monoisotopic (exact) mass is 988 g/mol. The number of nitrogens with zero attached hydrogens (tertiary/aromatic N) is 2. The van der Waals surface area contributed by atoms with Crippen molar-refractivity contribution in [1.82, 2.24) is 25.8 Å². The molecule has 0 aromatic heterocycles. The van der Waals surface area contributed by atoms with Gasteiger partial charge in [0.05, 0.1) is 39.1 Å². The number of rotatable bonds is 26. The van der Waals surface area contributed by atoms with Gasteiger partial charge in [-0.1, -0.05) is 18.2 Å². The molecule has 0 spiro atoms. The SMILES string of the molecule is [2H]CC1OC(N2C=C(C)C(NCCCOCCOCCOCCCNC(=O)OCCN(C)C(=O)c3ccccc3-c3c4cc(C)c(=O)cc-4oc4cc(C)c(C)cc34)NC2=O)CC1OC(=O)COCC(=O)O. The van der Waals surface area contributed by atoms with Crippen LogP contribution < -0.4 is 21.4 Å². The van der Waals surface area contributed by atoms with Crippen molar-refractivity contribution in [1.29, 1.82) is 0 Å². The predicted octanol–water partition coefficient (Wildman–Crippen LogP) is 5.11. The molecule has 0 bridgehead atoms. The molecule has 0 saturated carbocycles. The summed E-state index contributed by atoms with van der Waals surface area (Å²) in [5.41, 5.74) is 6.66. The van der Waals surface area contributed by atoms with Gasteiger partial charge in [-0.3, -0.25) is 19.8 Å². The van der Waals surface area contributed by atoms with Crippen LogP contribution >= 0.6 is 0 Å². The second-order valence-corrected chi connectivity index (χ2v) is 17.3. The summed E-state index contributed by atoms with van der Waals surface area (Å²) in [5, 5.41) is 18.4. The molecule has 71 heavy (non-hydrogen) atoms. The van der Waals surface area contributed by atoms with E-state index >= 15 is 0 Å². The van der Waals surface area contributed by atoms with Crippen molar-refractivity contribution in [2.75, 3.05) is 86.1 Å². The molecule has 4 N–H and O–H groups in total. The summed E-state index contributed by atoms with van der Waals surface area (Å²) in [6.45, 7) is 9.67. The van der Waals surface area contributed by atoms with Crippen LogP contribution in [0.3, 0.4) is 0 Å². The molecule has 1 saturated heterocycles. The van der Waals surface area contributed by atoms with E-state index in [1.54, 1.807) is 32.3 Å². The Balaban J connectivity index is 0.791. The number of amides is 4. The maximum Gasteiger partial charge on any atom is 0.407 e. The molecule has 20 nitrogen and oxygen atoms in total. The number of nitrogens with one attached hydrogen (secondary N) is 3. The molecular formula is C51H65N5O15. The fourth-order valence-electron chi connectivity index (χ4n) is 7.93. The summed E-state index contributed by atoms with van der Waals surface area (Å²) in [5.74, 6) is -1.81. The third-order valence-corrected chi connectivity index (χ3v) is 11.9. The Labute approximate surface area is 413 Å². The first kappa shape index (κ1) is 52.4. The van der Waals surface area contributed by atoms with Crippen molar-refractivity contribution in [2.45, 2.75) is 78.5 Å². The van der Waals surface area contributed by atoms with Gasteiger partial charge in [-0.15, -0.1) is 0 Å². The molecule has 4 unspecified atom stereocenters. The van der Waals surface area contributed by atoms with Gasteiger partial charge in [-0.25, -0.2) is 19.2 Å². The average Bonchev–Trinajstić information content (AvgIpc) is 3.75. The Hall–Kier alpha value is -6.42. The highest BCUT2D eigenvalue weighted by molar-refractivity contribution is 6.09. The largest absolute Gasteiger partial charge is 0.480 e. The Morgan fingerprint density at radius 1 is 0.859 bits per heavy atom. The van der Waals surface area contributed by atoms with Gasteiger partial charge in [0.1, 0.15) is 49.7 Å². The molecule has 2 aromatic carbocycles. The summed E-state index contributed by atoms with van der Waals surface area (Å²) >= 11 is 0. The van der Waals surface area contributed by atoms with E-state index < -0.39 is 61.9 Å². The number of alkyl carbamates (subject to hydrolysis) is 1.